The number of carbonyl (C=O) groups is 2. The summed E-state index contributed by atoms with van der Waals surface area (Å²) in [5, 5.41) is 14.2. The normalized spacial score (nSPS) is 11.9. The van der Waals surface area contributed by atoms with Crippen molar-refractivity contribution in [3.8, 4) is 0 Å². The molecule has 0 aliphatic carbocycles. The van der Waals surface area contributed by atoms with Crippen LogP contribution in [0.15, 0.2) is 78.9 Å². The van der Waals surface area contributed by atoms with Crippen molar-refractivity contribution < 1.29 is 27.3 Å². The van der Waals surface area contributed by atoms with Crippen LogP contribution in [0, 0.1) is 15.9 Å². The molecule has 3 aromatic rings. The summed E-state index contributed by atoms with van der Waals surface area (Å²) in [6.07, 6.45) is 2.50. The molecular weight excluding hydrogens is 551 g/mol. The number of amides is 2. The van der Waals surface area contributed by atoms with Crippen LogP contribution < -0.4 is 9.62 Å². The number of benzene rings is 3. The van der Waals surface area contributed by atoms with Gasteiger partial charge in [0.2, 0.25) is 21.8 Å². The summed E-state index contributed by atoms with van der Waals surface area (Å²) in [5.74, 6) is -1.83. The number of halogens is 1. The van der Waals surface area contributed by atoms with E-state index in [9.17, 15) is 32.5 Å². The quantitative estimate of drug-likeness (QED) is 0.173. The highest BCUT2D eigenvalue weighted by Gasteiger charge is 2.33. The summed E-state index contributed by atoms with van der Waals surface area (Å²) < 4.78 is 41.1. The molecular formula is C29H33FN4O6S. The maximum Gasteiger partial charge on any atom is 0.271 e. The minimum atomic E-state index is -4.10. The van der Waals surface area contributed by atoms with Crippen LogP contribution in [0.2, 0.25) is 0 Å². The van der Waals surface area contributed by atoms with E-state index in [2.05, 4.69) is 5.32 Å². The van der Waals surface area contributed by atoms with Crippen molar-refractivity contribution in [3.63, 3.8) is 0 Å². The van der Waals surface area contributed by atoms with Crippen molar-refractivity contribution in [2.75, 3.05) is 23.7 Å². The lowest BCUT2D eigenvalue weighted by Crippen LogP contribution is -2.53. The lowest BCUT2D eigenvalue weighted by molar-refractivity contribution is -0.384. The third-order valence-corrected chi connectivity index (χ3v) is 7.55. The van der Waals surface area contributed by atoms with E-state index in [4.69, 9.17) is 0 Å². The Labute approximate surface area is 239 Å². The molecule has 0 unspecified atom stereocenters. The Bertz CT molecular complexity index is 1470. The number of sulfonamides is 1. The number of nitrogens with zero attached hydrogens (tertiary/aromatic N) is 3. The van der Waals surface area contributed by atoms with Gasteiger partial charge in [-0.2, -0.15) is 0 Å². The Morgan fingerprint density at radius 3 is 2.34 bits per heavy atom. The van der Waals surface area contributed by atoms with Crippen molar-refractivity contribution >= 4 is 33.2 Å². The van der Waals surface area contributed by atoms with E-state index in [0.29, 0.717) is 13.0 Å². The lowest BCUT2D eigenvalue weighted by atomic mass is 10.0. The van der Waals surface area contributed by atoms with Gasteiger partial charge in [-0.25, -0.2) is 12.8 Å². The number of nitrogens with one attached hydrogen (secondary N) is 1. The number of carbonyl (C=O) groups excluding carboxylic acids is 2. The van der Waals surface area contributed by atoms with Crippen LogP contribution in [0.5, 0.6) is 0 Å². The number of hydrogen-bond donors (Lipinski definition) is 1. The Morgan fingerprint density at radius 1 is 1.02 bits per heavy atom. The van der Waals surface area contributed by atoms with Gasteiger partial charge >= 0.3 is 0 Å². The second kappa shape index (κ2) is 14.4. The molecule has 0 bridgehead atoms. The van der Waals surface area contributed by atoms with Gasteiger partial charge in [-0.1, -0.05) is 67.9 Å². The predicted molar refractivity (Wildman–Crippen MR) is 154 cm³/mol. The van der Waals surface area contributed by atoms with Crippen molar-refractivity contribution in [3.05, 3.63) is 106 Å². The van der Waals surface area contributed by atoms with E-state index in [-0.39, 0.29) is 29.9 Å². The first-order valence-corrected chi connectivity index (χ1v) is 14.9. The highest BCUT2D eigenvalue weighted by molar-refractivity contribution is 7.92. The van der Waals surface area contributed by atoms with Crippen LogP contribution in [-0.2, 0) is 32.6 Å². The van der Waals surface area contributed by atoms with E-state index in [1.54, 1.807) is 30.3 Å². The fraction of sp³-hybridized carbons (Fsp3) is 0.310. The monoisotopic (exact) mass is 584 g/mol. The first kappa shape index (κ1) is 31.2. The summed E-state index contributed by atoms with van der Waals surface area (Å²) in [4.78, 5) is 39.3. The third-order valence-electron chi connectivity index (χ3n) is 6.41. The maximum absolute atomic E-state index is 14.8. The number of anilines is 1. The standard InChI is InChI=1S/C29H33FN4O6S/c1-3-4-17-31-29(36)27(18-22-11-6-5-7-12-22)32(20-23-13-8-9-16-26(23)30)28(35)21-33(41(2,39)40)24-14-10-15-25(19-24)34(37)38/h5-16,19,27H,3-4,17-18,20-21H2,1-2H3,(H,31,36)/t27-/m1/s1. The number of unbranched alkanes of at least 4 members (excludes halogenated alkanes) is 1. The summed E-state index contributed by atoms with van der Waals surface area (Å²) in [6.45, 7) is 1.26. The maximum atomic E-state index is 14.8. The zero-order valence-electron chi connectivity index (χ0n) is 22.9. The lowest BCUT2D eigenvalue weighted by Gasteiger charge is -2.33. The highest BCUT2D eigenvalue weighted by Crippen LogP contribution is 2.24. The second-order valence-corrected chi connectivity index (χ2v) is 11.4. The van der Waals surface area contributed by atoms with Crippen LogP contribution in [0.3, 0.4) is 0 Å². The average Bonchev–Trinajstić information content (AvgIpc) is 2.94. The first-order chi connectivity index (χ1) is 19.5. The highest BCUT2D eigenvalue weighted by atomic mass is 32.2. The van der Waals surface area contributed by atoms with Gasteiger partial charge in [0.05, 0.1) is 16.9 Å². The number of nitro benzene ring substituents is 1. The zero-order valence-corrected chi connectivity index (χ0v) is 23.7. The van der Waals surface area contributed by atoms with Gasteiger partial charge in [-0.15, -0.1) is 0 Å². The van der Waals surface area contributed by atoms with Gasteiger partial charge < -0.3 is 10.2 Å². The van der Waals surface area contributed by atoms with Gasteiger partial charge in [0.15, 0.2) is 0 Å². The SMILES string of the molecule is CCCCNC(=O)[C@@H](Cc1ccccc1)N(Cc1ccccc1F)C(=O)CN(c1cccc([N+](=O)[O-])c1)S(C)(=O)=O. The summed E-state index contributed by atoms with van der Waals surface area (Å²) in [5.41, 5.74) is 0.437. The molecule has 3 rings (SSSR count). The molecule has 2 amide bonds. The molecule has 0 spiro atoms. The molecule has 1 N–H and O–H groups in total. The van der Waals surface area contributed by atoms with Gasteiger partial charge in [0.25, 0.3) is 5.69 Å². The van der Waals surface area contributed by atoms with Crippen molar-refractivity contribution in [2.45, 2.75) is 38.8 Å². The second-order valence-electron chi connectivity index (χ2n) is 9.51. The molecule has 3 aromatic carbocycles. The van der Waals surface area contributed by atoms with Crippen molar-refractivity contribution in [1.82, 2.24) is 10.2 Å². The first-order valence-electron chi connectivity index (χ1n) is 13.1. The minimum Gasteiger partial charge on any atom is -0.354 e. The number of nitro groups is 1. The molecule has 0 aliphatic rings. The number of hydrogen-bond acceptors (Lipinski definition) is 6. The molecule has 12 heteroatoms. The van der Waals surface area contributed by atoms with Gasteiger partial charge in [0.1, 0.15) is 18.4 Å². The fourth-order valence-electron chi connectivity index (χ4n) is 4.25. The molecule has 10 nitrogen and oxygen atoms in total. The van der Waals surface area contributed by atoms with Crippen molar-refractivity contribution in [2.24, 2.45) is 0 Å². The van der Waals surface area contributed by atoms with Gasteiger partial charge in [0, 0.05) is 37.2 Å². The van der Waals surface area contributed by atoms with Crippen LogP contribution in [-0.4, -0.2) is 55.4 Å². The summed E-state index contributed by atoms with van der Waals surface area (Å²) >= 11 is 0. The van der Waals surface area contributed by atoms with E-state index in [1.165, 1.54) is 41.3 Å². The number of rotatable bonds is 14. The molecule has 0 saturated heterocycles. The molecule has 218 valence electrons. The predicted octanol–water partition coefficient (Wildman–Crippen LogP) is 4.06. The average molecular weight is 585 g/mol. The zero-order chi connectivity index (χ0) is 30.0. The Kier molecular flexibility index (Phi) is 10.9. The fourth-order valence-corrected chi connectivity index (χ4v) is 5.09. The Morgan fingerprint density at radius 2 is 1.71 bits per heavy atom. The topological polar surface area (TPSA) is 130 Å². The Balaban J connectivity index is 2.06. The molecule has 0 fully saturated rings. The summed E-state index contributed by atoms with van der Waals surface area (Å²) in [7, 11) is -4.10. The van der Waals surface area contributed by atoms with E-state index < -0.39 is 45.2 Å². The van der Waals surface area contributed by atoms with Gasteiger partial charge in [-0.3, -0.25) is 24.0 Å². The molecule has 1 atom stereocenters. The van der Waals surface area contributed by atoms with Crippen LogP contribution in [0.1, 0.15) is 30.9 Å². The molecule has 0 aliphatic heterocycles. The Hall–Kier alpha value is -4.32. The van der Waals surface area contributed by atoms with Crippen molar-refractivity contribution in [1.29, 1.82) is 0 Å². The van der Waals surface area contributed by atoms with Crippen LogP contribution in [0.4, 0.5) is 15.8 Å². The third kappa shape index (κ3) is 8.84. The van der Waals surface area contributed by atoms with E-state index >= 15 is 0 Å². The number of non-ortho nitro benzene ring substituents is 1. The largest absolute Gasteiger partial charge is 0.354 e. The van der Waals surface area contributed by atoms with Crippen LogP contribution in [0.25, 0.3) is 0 Å². The van der Waals surface area contributed by atoms with Crippen LogP contribution >= 0.6 is 0 Å². The summed E-state index contributed by atoms with van der Waals surface area (Å²) in [6, 6.07) is 18.6. The smallest absolute Gasteiger partial charge is 0.271 e. The molecule has 41 heavy (non-hydrogen) atoms. The molecule has 0 radical (unpaired) electrons. The molecule has 0 heterocycles. The molecule has 0 aromatic heterocycles. The van der Waals surface area contributed by atoms with E-state index in [1.807, 2.05) is 13.0 Å². The molecule has 0 saturated carbocycles. The minimum absolute atomic E-state index is 0.0899. The van der Waals surface area contributed by atoms with Gasteiger partial charge in [-0.05, 0) is 24.1 Å². The van der Waals surface area contributed by atoms with E-state index in [0.717, 1.165) is 28.6 Å².